The maximum absolute atomic E-state index is 6.12. The molecule has 2 N–H and O–H groups in total. The van der Waals surface area contributed by atoms with Gasteiger partial charge in [-0.3, -0.25) is 0 Å². The van der Waals surface area contributed by atoms with Crippen LogP contribution in [0.4, 0.5) is 0 Å². The maximum Gasteiger partial charge on any atom is 0.151 e. The summed E-state index contributed by atoms with van der Waals surface area (Å²) in [6.07, 6.45) is 5.93. The summed E-state index contributed by atoms with van der Waals surface area (Å²) in [5, 5.41) is 4.16. The molecule has 1 fully saturated rings. The third-order valence-electron chi connectivity index (χ3n) is 3.53. The molecule has 2 unspecified atom stereocenters. The summed E-state index contributed by atoms with van der Waals surface area (Å²) in [5.41, 5.74) is 1.04. The molecular weight excluding hydrogens is 234 g/mol. The third kappa shape index (κ3) is 3.46. The molecule has 1 aliphatic rings. The van der Waals surface area contributed by atoms with Gasteiger partial charge in [-0.25, -0.2) is 4.98 Å². The van der Waals surface area contributed by atoms with Crippen LogP contribution in [0.5, 0.6) is 0 Å². The smallest absolute Gasteiger partial charge is 0.151 e. The van der Waals surface area contributed by atoms with Crippen molar-refractivity contribution in [3.8, 4) is 0 Å². The Hall–Kier alpha value is -0.540. The van der Waals surface area contributed by atoms with Crippen molar-refractivity contribution in [2.75, 3.05) is 0 Å². The number of hydrogen-bond donors (Lipinski definition) is 2. The summed E-state index contributed by atoms with van der Waals surface area (Å²) < 4.78 is 0. The minimum absolute atomic E-state index is 0.636. The van der Waals surface area contributed by atoms with Crippen LogP contribution in [-0.4, -0.2) is 16.0 Å². The van der Waals surface area contributed by atoms with Crippen LogP contribution in [0.3, 0.4) is 0 Å². The lowest BCUT2D eigenvalue weighted by molar-refractivity contribution is 0.616. The molecule has 1 aliphatic carbocycles. The average Bonchev–Trinajstić information content (AvgIpc) is 3.01. The first-order chi connectivity index (χ1) is 8.24. The summed E-state index contributed by atoms with van der Waals surface area (Å²) in [4.78, 5) is 7.68. The monoisotopic (exact) mass is 255 g/mol. The molecule has 96 valence electrons. The van der Waals surface area contributed by atoms with E-state index in [1.54, 1.807) is 0 Å². The Balaban J connectivity index is 1.81. The summed E-state index contributed by atoms with van der Waals surface area (Å²) in [7, 11) is 0. The molecule has 0 aliphatic heterocycles. The third-order valence-corrected chi connectivity index (χ3v) is 3.85. The molecule has 2 rings (SSSR count). The number of imidazole rings is 1. The molecule has 0 amide bonds. The van der Waals surface area contributed by atoms with Crippen molar-refractivity contribution in [3.05, 3.63) is 16.7 Å². The summed E-state index contributed by atoms with van der Waals surface area (Å²) in [6.45, 7) is 5.25. The zero-order valence-electron chi connectivity index (χ0n) is 10.7. The normalized spacial score (nSPS) is 23.0. The van der Waals surface area contributed by atoms with Crippen LogP contribution in [0.1, 0.15) is 51.0 Å². The van der Waals surface area contributed by atoms with Gasteiger partial charge in [0.2, 0.25) is 0 Å². The second-order valence-corrected chi connectivity index (χ2v) is 5.31. The van der Waals surface area contributed by atoms with Crippen LogP contribution >= 0.6 is 11.6 Å². The van der Waals surface area contributed by atoms with Crippen LogP contribution in [-0.2, 0) is 13.0 Å². The molecule has 1 aromatic heterocycles. The van der Waals surface area contributed by atoms with Gasteiger partial charge in [0, 0.05) is 19.0 Å². The van der Waals surface area contributed by atoms with E-state index in [2.05, 4.69) is 29.1 Å². The Morgan fingerprint density at radius 2 is 2.29 bits per heavy atom. The van der Waals surface area contributed by atoms with Crippen molar-refractivity contribution in [1.29, 1.82) is 0 Å². The highest BCUT2D eigenvalue weighted by atomic mass is 35.5. The Morgan fingerprint density at radius 3 is 2.94 bits per heavy atom. The lowest BCUT2D eigenvalue weighted by Gasteiger charge is -2.01. The van der Waals surface area contributed by atoms with Crippen molar-refractivity contribution in [3.63, 3.8) is 0 Å². The second-order valence-electron chi connectivity index (χ2n) is 4.95. The van der Waals surface area contributed by atoms with E-state index in [1.165, 1.54) is 19.3 Å². The predicted octanol–water partition coefficient (Wildman–Crippen LogP) is 3.29. The molecule has 0 aromatic carbocycles. The van der Waals surface area contributed by atoms with Crippen LogP contribution in [0.2, 0.25) is 5.15 Å². The molecule has 4 heteroatoms. The lowest BCUT2D eigenvalue weighted by Crippen LogP contribution is -2.18. The van der Waals surface area contributed by atoms with E-state index in [-0.39, 0.29) is 0 Å². The van der Waals surface area contributed by atoms with Crippen LogP contribution < -0.4 is 5.32 Å². The molecule has 1 saturated carbocycles. The van der Waals surface area contributed by atoms with Gasteiger partial charge in [0.1, 0.15) is 5.82 Å². The summed E-state index contributed by atoms with van der Waals surface area (Å²) in [6, 6.07) is 0.693. The number of hydrogen-bond acceptors (Lipinski definition) is 2. The molecule has 1 heterocycles. The van der Waals surface area contributed by atoms with Gasteiger partial charge < -0.3 is 10.3 Å². The van der Waals surface area contributed by atoms with Crippen molar-refractivity contribution in [2.45, 2.75) is 58.5 Å². The van der Waals surface area contributed by atoms with Crippen LogP contribution in [0.15, 0.2) is 0 Å². The molecule has 0 radical (unpaired) electrons. The standard InChI is InChI=1S/C13H22ClN3/c1-3-5-6-12-16-11(13(14)17-12)8-15-10-7-9(10)4-2/h9-10,15H,3-8H2,1-2H3,(H,16,17). The van der Waals surface area contributed by atoms with Gasteiger partial charge in [0.25, 0.3) is 0 Å². The molecule has 1 aromatic rings. The van der Waals surface area contributed by atoms with E-state index in [0.717, 1.165) is 36.8 Å². The highest BCUT2D eigenvalue weighted by Crippen LogP contribution is 2.33. The quantitative estimate of drug-likeness (QED) is 0.785. The largest absolute Gasteiger partial charge is 0.344 e. The van der Waals surface area contributed by atoms with E-state index >= 15 is 0 Å². The molecule has 17 heavy (non-hydrogen) atoms. The highest BCUT2D eigenvalue weighted by Gasteiger charge is 2.34. The molecule has 3 nitrogen and oxygen atoms in total. The minimum Gasteiger partial charge on any atom is -0.344 e. The fourth-order valence-electron chi connectivity index (χ4n) is 2.20. The minimum atomic E-state index is 0.636. The lowest BCUT2D eigenvalue weighted by atomic mass is 10.2. The molecule has 2 atom stereocenters. The Labute approximate surface area is 108 Å². The Bertz CT molecular complexity index is 362. The number of rotatable bonds is 7. The van der Waals surface area contributed by atoms with Crippen LogP contribution in [0.25, 0.3) is 0 Å². The fraction of sp³-hybridized carbons (Fsp3) is 0.769. The van der Waals surface area contributed by atoms with E-state index in [1.807, 2.05) is 0 Å². The van der Waals surface area contributed by atoms with Gasteiger partial charge >= 0.3 is 0 Å². The number of unbranched alkanes of at least 4 members (excludes halogenated alkanes) is 1. The van der Waals surface area contributed by atoms with Crippen molar-refractivity contribution < 1.29 is 0 Å². The summed E-state index contributed by atoms with van der Waals surface area (Å²) >= 11 is 6.12. The number of nitrogens with one attached hydrogen (secondary N) is 2. The van der Waals surface area contributed by atoms with Crippen molar-refractivity contribution in [2.24, 2.45) is 5.92 Å². The zero-order valence-corrected chi connectivity index (χ0v) is 11.5. The maximum atomic E-state index is 6.12. The molecular formula is C13H22ClN3. The SMILES string of the molecule is CCCCc1nc(Cl)c(CNC2CC2CC)[nH]1. The fourth-order valence-corrected chi connectivity index (χ4v) is 2.42. The number of nitrogens with zero attached hydrogens (tertiary/aromatic N) is 1. The van der Waals surface area contributed by atoms with Crippen molar-refractivity contribution in [1.82, 2.24) is 15.3 Å². The number of halogens is 1. The van der Waals surface area contributed by atoms with Gasteiger partial charge in [-0.05, 0) is 18.8 Å². The summed E-state index contributed by atoms with van der Waals surface area (Å²) in [5.74, 6) is 1.90. The van der Waals surface area contributed by atoms with E-state index < -0.39 is 0 Å². The van der Waals surface area contributed by atoms with E-state index in [0.29, 0.717) is 11.2 Å². The topological polar surface area (TPSA) is 40.7 Å². The Kier molecular flexibility index (Phi) is 4.46. The Morgan fingerprint density at radius 1 is 1.47 bits per heavy atom. The van der Waals surface area contributed by atoms with Gasteiger partial charge in [-0.2, -0.15) is 0 Å². The van der Waals surface area contributed by atoms with Gasteiger partial charge in [-0.15, -0.1) is 0 Å². The number of H-pyrrole nitrogens is 1. The zero-order chi connectivity index (χ0) is 12.3. The van der Waals surface area contributed by atoms with Crippen molar-refractivity contribution >= 4 is 11.6 Å². The number of aromatic nitrogens is 2. The first-order valence-corrected chi connectivity index (χ1v) is 7.09. The molecule has 0 saturated heterocycles. The van der Waals surface area contributed by atoms with Gasteiger partial charge in [-0.1, -0.05) is 38.3 Å². The van der Waals surface area contributed by atoms with Gasteiger partial charge in [0.15, 0.2) is 5.15 Å². The van der Waals surface area contributed by atoms with E-state index in [9.17, 15) is 0 Å². The van der Waals surface area contributed by atoms with Gasteiger partial charge in [0.05, 0.1) is 5.69 Å². The number of aryl methyl sites for hydroxylation is 1. The predicted molar refractivity (Wildman–Crippen MR) is 71.2 cm³/mol. The number of aromatic amines is 1. The average molecular weight is 256 g/mol. The van der Waals surface area contributed by atoms with Crippen LogP contribution in [0, 0.1) is 5.92 Å². The first-order valence-electron chi connectivity index (χ1n) is 6.71. The molecule has 0 spiro atoms. The highest BCUT2D eigenvalue weighted by molar-refractivity contribution is 6.30. The second kappa shape index (κ2) is 5.87. The molecule has 0 bridgehead atoms. The first kappa shape index (κ1) is 12.9. The van der Waals surface area contributed by atoms with E-state index in [4.69, 9.17) is 11.6 Å².